The molecule has 0 saturated heterocycles. The molecule has 0 unspecified atom stereocenters. The summed E-state index contributed by atoms with van der Waals surface area (Å²) in [6.45, 7) is 0. The van der Waals surface area contributed by atoms with Crippen LogP contribution in [0.3, 0.4) is 0 Å². The molecule has 0 spiro atoms. The van der Waals surface area contributed by atoms with Gasteiger partial charge in [-0.1, -0.05) is 53.5 Å². The molecule has 1 aromatic rings. The minimum absolute atomic E-state index is 0.265. The molecule has 1 rings (SSSR count). The van der Waals surface area contributed by atoms with Crippen LogP contribution in [0.5, 0.6) is 0 Å². The molecule has 6 heteroatoms. The summed E-state index contributed by atoms with van der Waals surface area (Å²) < 4.78 is 47.2. The lowest BCUT2D eigenvalue weighted by Gasteiger charge is -2.29. The maximum Gasteiger partial charge on any atom is 0.343 e. The molecular formula is C9H6Cl2F4. The van der Waals surface area contributed by atoms with Crippen molar-refractivity contribution in [3.63, 3.8) is 0 Å². The van der Waals surface area contributed by atoms with Gasteiger partial charge in [0.05, 0.1) is 0 Å². The van der Waals surface area contributed by atoms with Gasteiger partial charge in [-0.3, -0.25) is 0 Å². The smallest absolute Gasteiger partial charge is 0.203 e. The van der Waals surface area contributed by atoms with Gasteiger partial charge in [-0.2, -0.15) is 8.78 Å². The highest BCUT2D eigenvalue weighted by atomic mass is 35.5. The van der Waals surface area contributed by atoms with Crippen molar-refractivity contribution in [2.75, 3.05) is 0 Å². The molecule has 0 aliphatic carbocycles. The molecule has 0 saturated carbocycles. The van der Waals surface area contributed by atoms with Crippen LogP contribution in [0.15, 0.2) is 30.3 Å². The van der Waals surface area contributed by atoms with Gasteiger partial charge < -0.3 is 0 Å². The molecule has 0 atom stereocenters. The van der Waals surface area contributed by atoms with Gasteiger partial charge in [0.1, 0.15) is 0 Å². The zero-order valence-corrected chi connectivity index (χ0v) is 8.74. The lowest BCUT2D eigenvalue weighted by Crippen LogP contribution is -2.42. The van der Waals surface area contributed by atoms with Gasteiger partial charge in [0.25, 0.3) is 0 Å². The zero-order chi connectivity index (χ0) is 11.7. The van der Waals surface area contributed by atoms with Crippen LogP contribution in [0.2, 0.25) is 0 Å². The van der Waals surface area contributed by atoms with Crippen molar-refractivity contribution in [2.24, 2.45) is 0 Å². The van der Waals surface area contributed by atoms with Crippen LogP contribution in [-0.2, 0) is 4.33 Å². The Bertz CT molecular complexity index is 324. The van der Waals surface area contributed by atoms with Crippen LogP contribution >= 0.6 is 23.2 Å². The van der Waals surface area contributed by atoms with E-state index in [4.69, 9.17) is 23.2 Å². The molecule has 84 valence electrons. The quantitative estimate of drug-likeness (QED) is 0.564. The standard InChI is InChI=1S/C9H6Cl2F4/c10-8(11,9(14,15)7(12)13)6-4-2-1-3-5-6/h1-5,7H. The molecule has 15 heavy (non-hydrogen) atoms. The first-order valence-electron chi connectivity index (χ1n) is 3.89. The molecule has 0 radical (unpaired) electrons. The normalized spacial score (nSPS) is 13.3. The molecule has 0 N–H and O–H groups in total. The van der Waals surface area contributed by atoms with Crippen LogP contribution in [0.1, 0.15) is 5.56 Å². The Labute approximate surface area is 93.8 Å². The molecule has 0 fully saturated rings. The molecule has 0 aromatic heterocycles. The number of hydrogen-bond donors (Lipinski definition) is 0. The van der Waals surface area contributed by atoms with Crippen LogP contribution in [0.4, 0.5) is 17.6 Å². The number of alkyl halides is 6. The predicted molar refractivity (Wildman–Crippen MR) is 50.8 cm³/mol. The average molecular weight is 261 g/mol. The van der Waals surface area contributed by atoms with Crippen molar-refractivity contribution in [1.82, 2.24) is 0 Å². The average Bonchev–Trinajstić information content (AvgIpc) is 2.18. The highest BCUT2D eigenvalue weighted by molar-refractivity contribution is 6.48. The highest BCUT2D eigenvalue weighted by Crippen LogP contribution is 2.50. The fourth-order valence-corrected chi connectivity index (χ4v) is 1.39. The molecular weight excluding hydrogens is 255 g/mol. The maximum atomic E-state index is 13.0. The topological polar surface area (TPSA) is 0 Å². The van der Waals surface area contributed by atoms with Gasteiger partial charge >= 0.3 is 12.3 Å². The second-order valence-corrected chi connectivity index (χ2v) is 4.19. The van der Waals surface area contributed by atoms with Crippen LogP contribution in [-0.4, -0.2) is 12.3 Å². The summed E-state index contributed by atoms with van der Waals surface area (Å²) in [4.78, 5) is 0. The SMILES string of the molecule is FC(F)C(F)(F)C(Cl)(Cl)c1ccccc1. The van der Waals surface area contributed by atoms with Gasteiger partial charge in [0, 0.05) is 0 Å². The predicted octanol–water partition coefficient (Wildman–Crippen LogP) is 4.22. The van der Waals surface area contributed by atoms with Gasteiger partial charge in [0.2, 0.25) is 4.33 Å². The van der Waals surface area contributed by atoms with Gasteiger partial charge in [-0.15, -0.1) is 0 Å². The van der Waals surface area contributed by atoms with Crippen molar-refractivity contribution in [3.8, 4) is 0 Å². The molecule has 0 aliphatic heterocycles. The van der Waals surface area contributed by atoms with Crippen molar-refractivity contribution >= 4 is 23.2 Å². The second kappa shape index (κ2) is 4.18. The Morgan fingerprint density at radius 2 is 1.47 bits per heavy atom. The molecule has 0 bridgehead atoms. The molecule has 0 heterocycles. The van der Waals surface area contributed by atoms with Crippen LogP contribution < -0.4 is 0 Å². The number of halogens is 6. The van der Waals surface area contributed by atoms with E-state index in [1.165, 1.54) is 18.2 Å². The largest absolute Gasteiger partial charge is 0.343 e. The fourth-order valence-electron chi connectivity index (χ4n) is 0.977. The lowest BCUT2D eigenvalue weighted by molar-refractivity contribution is -0.139. The number of hydrogen-bond acceptors (Lipinski definition) is 0. The molecule has 1 aromatic carbocycles. The van der Waals surface area contributed by atoms with Crippen LogP contribution in [0.25, 0.3) is 0 Å². The Morgan fingerprint density at radius 3 is 1.87 bits per heavy atom. The molecule has 0 amide bonds. The molecule has 0 aliphatic rings. The minimum atomic E-state index is -4.50. The first-order valence-corrected chi connectivity index (χ1v) is 4.65. The zero-order valence-electron chi connectivity index (χ0n) is 7.23. The Kier molecular flexibility index (Phi) is 3.51. The van der Waals surface area contributed by atoms with Gasteiger partial charge in [-0.25, -0.2) is 8.78 Å². The summed E-state index contributed by atoms with van der Waals surface area (Å²) in [6.07, 6.45) is -3.92. The third-order valence-electron chi connectivity index (χ3n) is 1.83. The third-order valence-corrected chi connectivity index (χ3v) is 2.77. The van der Waals surface area contributed by atoms with E-state index in [0.29, 0.717) is 0 Å². The van der Waals surface area contributed by atoms with E-state index in [-0.39, 0.29) is 5.56 Å². The van der Waals surface area contributed by atoms with Crippen molar-refractivity contribution in [2.45, 2.75) is 16.7 Å². The lowest BCUT2D eigenvalue weighted by atomic mass is 10.1. The first kappa shape index (κ1) is 12.6. The summed E-state index contributed by atoms with van der Waals surface area (Å²) in [6, 6.07) is 6.63. The summed E-state index contributed by atoms with van der Waals surface area (Å²) >= 11 is 10.6. The monoisotopic (exact) mass is 260 g/mol. The third kappa shape index (κ3) is 2.21. The van der Waals surface area contributed by atoms with Crippen molar-refractivity contribution in [1.29, 1.82) is 0 Å². The Hall–Kier alpha value is -0.480. The van der Waals surface area contributed by atoms with Crippen molar-refractivity contribution < 1.29 is 17.6 Å². The molecule has 0 nitrogen and oxygen atoms in total. The van der Waals surface area contributed by atoms with Crippen LogP contribution in [0, 0.1) is 0 Å². The summed E-state index contributed by atoms with van der Waals surface area (Å²) in [5.41, 5.74) is -0.265. The Morgan fingerprint density at radius 1 is 1.00 bits per heavy atom. The summed E-state index contributed by atoms with van der Waals surface area (Å²) in [7, 11) is 0. The second-order valence-electron chi connectivity index (χ2n) is 2.86. The van der Waals surface area contributed by atoms with E-state index in [2.05, 4.69) is 0 Å². The Balaban J connectivity index is 3.13. The van der Waals surface area contributed by atoms with Gasteiger partial charge in [0.15, 0.2) is 0 Å². The fraction of sp³-hybridized carbons (Fsp3) is 0.333. The van der Waals surface area contributed by atoms with E-state index in [0.717, 1.165) is 12.1 Å². The van der Waals surface area contributed by atoms with E-state index >= 15 is 0 Å². The van der Waals surface area contributed by atoms with Gasteiger partial charge in [-0.05, 0) is 5.56 Å². The number of rotatable bonds is 3. The summed E-state index contributed by atoms with van der Waals surface area (Å²) in [5.74, 6) is -4.50. The maximum absolute atomic E-state index is 13.0. The van der Waals surface area contributed by atoms with E-state index in [1.54, 1.807) is 0 Å². The van der Waals surface area contributed by atoms with Crippen molar-refractivity contribution in [3.05, 3.63) is 35.9 Å². The van der Waals surface area contributed by atoms with E-state index < -0.39 is 16.7 Å². The highest BCUT2D eigenvalue weighted by Gasteiger charge is 2.59. The number of benzene rings is 1. The minimum Gasteiger partial charge on any atom is -0.203 e. The van der Waals surface area contributed by atoms with E-state index in [1.807, 2.05) is 0 Å². The van der Waals surface area contributed by atoms with E-state index in [9.17, 15) is 17.6 Å². The summed E-state index contributed by atoms with van der Waals surface area (Å²) in [5, 5.41) is 0. The first-order chi connectivity index (χ1) is 6.80.